The van der Waals surface area contributed by atoms with Crippen LogP contribution in [-0.4, -0.2) is 12.4 Å². The molecule has 0 aliphatic rings. The van der Waals surface area contributed by atoms with Crippen LogP contribution in [0.3, 0.4) is 0 Å². The van der Waals surface area contributed by atoms with Gasteiger partial charge in [0.05, 0.1) is 7.11 Å². The summed E-state index contributed by atoms with van der Waals surface area (Å²) in [7, 11) is 1.74. The normalized spacial score (nSPS) is 10.4. The molecule has 0 aliphatic carbocycles. The standard InChI is InChI=1S/C12H17BrO/c1-8-7-11(5-6-13)9(2)10(3)12(8)14-4/h7H,5-6H2,1-4H3. The Hall–Kier alpha value is -0.500. The minimum atomic E-state index is 1.01. The largest absolute Gasteiger partial charge is 0.496 e. The number of alkyl halides is 1. The minimum absolute atomic E-state index is 1.01. The second kappa shape index (κ2) is 4.83. The number of hydrogen-bond acceptors (Lipinski definition) is 1. The van der Waals surface area contributed by atoms with Gasteiger partial charge in [0, 0.05) is 5.33 Å². The molecule has 14 heavy (non-hydrogen) atoms. The van der Waals surface area contributed by atoms with E-state index < -0.39 is 0 Å². The first-order valence-electron chi connectivity index (χ1n) is 4.81. The molecule has 0 radical (unpaired) electrons. The molecule has 0 heterocycles. The third-order valence-electron chi connectivity index (χ3n) is 2.70. The third-order valence-corrected chi connectivity index (χ3v) is 3.10. The molecule has 0 N–H and O–H groups in total. The monoisotopic (exact) mass is 256 g/mol. The van der Waals surface area contributed by atoms with E-state index in [0.717, 1.165) is 17.5 Å². The molecule has 0 amide bonds. The maximum atomic E-state index is 5.38. The molecule has 0 saturated carbocycles. The Morgan fingerprint density at radius 1 is 1.21 bits per heavy atom. The van der Waals surface area contributed by atoms with Gasteiger partial charge in [0.25, 0.3) is 0 Å². The highest BCUT2D eigenvalue weighted by atomic mass is 79.9. The van der Waals surface area contributed by atoms with E-state index in [1.165, 1.54) is 22.3 Å². The lowest BCUT2D eigenvalue weighted by Gasteiger charge is -2.14. The molecule has 0 aliphatic heterocycles. The summed E-state index contributed by atoms with van der Waals surface area (Å²) >= 11 is 3.47. The number of methoxy groups -OCH3 is 1. The Morgan fingerprint density at radius 2 is 1.86 bits per heavy atom. The summed E-state index contributed by atoms with van der Waals surface area (Å²) in [5.74, 6) is 1.03. The van der Waals surface area contributed by atoms with Gasteiger partial charge in [-0.15, -0.1) is 0 Å². The van der Waals surface area contributed by atoms with E-state index in [2.05, 4.69) is 42.8 Å². The molecule has 0 fully saturated rings. The van der Waals surface area contributed by atoms with Gasteiger partial charge in [-0.1, -0.05) is 22.0 Å². The second-order valence-corrected chi connectivity index (χ2v) is 4.37. The maximum Gasteiger partial charge on any atom is 0.124 e. The number of hydrogen-bond donors (Lipinski definition) is 0. The van der Waals surface area contributed by atoms with Crippen LogP contribution in [0.5, 0.6) is 5.75 Å². The van der Waals surface area contributed by atoms with Crippen LogP contribution >= 0.6 is 15.9 Å². The summed E-state index contributed by atoms with van der Waals surface area (Å²) < 4.78 is 5.38. The van der Waals surface area contributed by atoms with Crippen molar-refractivity contribution < 1.29 is 4.74 Å². The van der Waals surface area contributed by atoms with Gasteiger partial charge in [0.1, 0.15) is 5.75 Å². The average Bonchev–Trinajstić information content (AvgIpc) is 2.15. The van der Waals surface area contributed by atoms with Gasteiger partial charge in [-0.3, -0.25) is 0 Å². The molecule has 1 rings (SSSR count). The SMILES string of the molecule is COc1c(C)cc(CCBr)c(C)c1C. The van der Waals surface area contributed by atoms with Crippen molar-refractivity contribution in [1.82, 2.24) is 0 Å². The summed E-state index contributed by atoms with van der Waals surface area (Å²) in [6.07, 6.45) is 1.08. The van der Waals surface area contributed by atoms with Crippen LogP contribution in [0.15, 0.2) is 6.07 Å². The van der Waals surface area contributed by atoms with Crippen LogP contribution < -0.4 is 4.74 Å². The Labute approximate surface area is 94.6 Å². The zero-order chi connectivity index (χ0) is 10.7. The molecule has 0 unspecified atom stereocenters. The smallest absolute Gasteiger partial charge is 0.124 e. The topological polar surface area (TPSA) is 9.23 Å². The lowest BCUT2D eigenvalue weighted by molar-refractivity contribution is 0.408. The number of benzene rings is 1. The van der Waals surface area contributed by atoms with Crippen LogP contribution in [0.4, 0.5) is 0 Å². The highest BCUT2D eigenvalue weighted by Gasteiger charge is 2.09. The Kier molecular flexibility index (Phi) is 3.99. The van der Waals surface area contributed by atoms with Gasteiger partial charge in [0.2, 0.25) is 0 Å². The van der Waals surface area contributed by atoms with Gasteiger partial charge < -0.3 is 4.74 Å². The van der Waals surface area contributed by atoms with E-state index in [9.17, 15) is 0 Å². The molecule has 0 atom stereocenters. The van der Waals surface area contributed by atoms with E-state index in [1.807, 2.05) is 0 Å². The van der Waals surface area contributed by atoms with E-state index in [4.69, 9.17) is 4.74 Å². The second-order valence-electron chi connectivity index (χ2n) is 3.57. The fraction of sp³-hybridized carbons (Fsp3) is 0.500. The van der Waals surface area contributed by atoms with Gasteiger partial charge >= 0.3 is 0 Å². The first-order valence-corrected chi connectivity index (χ1v) is 5.93. The van der Waals surface area contributed by atoms with Crippen molar-refractivity contribution in [2.75, 3.05) is 12.4 Å². The molecule has 0 spiro atoms. The molecule has 1 aromatic carbocycles. The van der Waals surface area contributed by atoms with Crippen LogP contribution in [-0.2, 0) is 6.42 Å². The summed E-state index contributed by atoms with van der Waals surface area (Å²) in [4.78, 5) is 0. The fourth-order valence-electron chi connectivity index (χ4n) is 1.82. The summed E-state index contributed by atoms with van der Waals surface area (Å²) in [6.45, 7) is 6.39. The van der Waals surface area contributed by atoms with Gasteiger partial charge in [0.15, 0.2) is 0 Å². The Balaban J connectivity index is 3.25. The zero-order valence-electron chi connectivity index (χ0n) is 9.28. The first-order chi connectivity index (χ1) is 6.61. The lowest BCUT2D eigenvalue weighted by atomic mass is 9.97. The summed E-state index contributed by atoms with van der Waals surface area (Å²) in [5.41, 5.74) is 5.26. The van der Waals surface area contributed by atoms with Crippen molar-refractivity contribution >= 4 is 15.9 Å². The molecule has 0 saturated heterocycles. The fourth-order valence-corrected chi connectivity index (χ4v) is 2.24. The van der Waals surface area contributed by atoms with Crippen molar-refractivity contribution in [3.8, 4) is 5.75 Å². The molecule has 0 aromatic heterocycles. The van der Waals surface area contributed by atoms with Crippen molar-refractivity contribution in [3.05, 3.63) is 28.3 Å². The predicted molar refractivity (Wildman–Crippen MR) is 64.7 cm³/mol. The molecule has 0 bridgehead atoms. The van der Waals surface area contributed by atoms with Crippen LogP contribution in [0, 0.1) is 20.8 Å². The van der Waals surface area contributed by atoms with Crippen molar-refractivity contribution in [1.29, 1.82) is 0 Å². The molecular weight excluding hydrogens is 240 g/mol. The molecule has 2 heteroatoms. The van der Waals surface area contributed by atoms with Crippen molar-refractivity contribution in [2.24, 2.45) is 0 Å². The lowest BCUT2D eigenvalue weighted by Crippen LogP contribution is -1.99. The van der Waals surface area contributed by atoms with Gasteiger partial charge in [-0.05, 0) is 49.4 Å². The van der Waals surface area contributed by atoms with E-state index in [0.29, 0.717) is 0 Å². The number of aryl methyl sites for hydroxylation is 2. The predicted octanol–water partition coefficient (Wildman–Crippen LogP) is 3.56. The quantitative estimate of drug-likeness (QED) is 0.752. The zero-order valence-corrected chi connectivity index (χ0v) is 10.9. The maximum absolute atomic E-state index is 5.38. The van der Waals surface area contributed by atoms with Crippen LogP contribution in [0.2, 0.25) is 0 Å². The number of rotatable bonds is 3. The van der Waals surface area contributed by atoms with Crippen molar-refractivity contribution in [3.63, 3.8) is 0 Å². The average molecular weight is 257 g/mol. The van der Waals surface area contributed by atoms with E-state index in [1.54, 1.807) is 7.11 Å². The van der Waals surface area contributed by atoms with Crippen molar-refractivity contribution in [2.45, 2.75) is 27.2 Å². The highest BCUT2D eigenvalue weighted by molar-refractivity contribution is 9.09. The van der Waals surface area contributed by atoms with E-state index in [-0.39, 0.29) is 0 Å². The first kappa shape index (κ1) is 11.6. The third kappa shape index (κ3) is 2.11. The Bertz CT molecular complexity index is 332. The number of halogens is 1. The molecular formula is C12H17BrO. The van der Waals surface area contributed by atoms with Crippen LogP contribution in [0.25, 0.3) is 0 Å². The summed E-state index contributed by atoms with van der Waals surface area (Å²) in [5, 5.41) is 1.01. The van der Waals surface area contributed by atoms with E-state index >= 15 is 0 Å². The molecule has 1 nitrogen and oxygen atoms in total. The Morgan fingerprint density at radius 3 is 2.36 bits per heavy atom. The molecule has 78 valence electrons. The minimum Gasteiger partial charge on any atom is -0.496 e. The highest BCUT2D eigenvalue weighted by Crippen LogP contribution is 2.28. The van der Waals surface area contributed by atoms with Gasteiger partial charge in [-0.25, -0.2) is 0 Å². The number of ether oxygens (including phenoxy) is 1. The van der Waals surface area contributed by atoms with Gasteiger partial charge in [-0.2, -0.15) is 0 Å². The molecule has 1 aromatic rings. The summed E-state index contributed by atoms with van der Waals surface area (Å²) in [6, 6.07) is 2.22. The van der Waals surface area contributed by atoms with Crippen LogP contribution in [0.1, 0.15) is 22.3 Å².